The minimum Gasteiger partial charge on any atom is -0.383 e. The molecule has 3 N–H and O–H groups in total. The van der Waals surface area contributed by atoms with Crippen molar-refractivity contribution < 1.29 is 23.9 Å². The summed E-state index contributed by atoms with van der Waals surface area (Å²) in [5.74, 6) is -1.26. The van der Waals surface area contributed by atoms with E-state index in [0.29, 0.717) is 42.6 Å². The number of likely N-dealkylation sites (N-methyl/N-ethyl adjacent to an activating group) is 1. The van der Waals surface area contributed by atoms with Crippen LogP contribution in [0, 0.1) is 5.92 Å². The number of methoxy groups -OCH3 is 1. The molecule has 45 heavy (non-hydrogen) atoms. The number of aromatic nitrogens is 2. The van der Waals surface area contributed by atoms with E-state index in [1.807, 2.05) is 56.1 Å². The van der Waals surface area contributed by atoms with Crippen LogP contribution >= 0.6 is 22.7 Å². The minimum absolute atomic E-state index is 0.00501. The molecule has 1 aliphatic heterocycles. The Kier molecular flexibility index (Phi) is 12.6. The summed E-state index contributed by atoms with van der Waals surface area (Å²) in [6.07, 6.45) is 0.898. The minimum atomic E-state index is -0.517. The van der Waals surface area contributed by atoms with E-state index < -0.39 is 12.1 Å². The summed E-state index contributed by atoms with van der Waals surface area (Å²) >= 11 is 2.61. The maximum absolute atomic E-state index is 13.5. The van der Waals surface area contributed by atoms with Crippen LogP contribution in [-0.2, 0) is 20.7 Å². The molecule has 1 aliphatic rings. The first-order chi connectivity index (χ1) is 21.6. The third-order valence-electron chi connectivity index (χ3n) is 7.30. The summed E-state index contributed by atoms with van der Waals surface area (Å²) in [4.78, 5) is 65.6. The zero-order chi connectivity index (χ0) is 32.3. The summed E-state index contributed by atoms with van der Waals surface area (Å²) < 4.78 is 5.13. The number of nitrogens with one attached hydrogen (secondary N) is 3. The zero-order valence-electron chi connectivity index (χ0n) is 26.1. The Hall–Kier alpha value is -3.72. The predicted molar refractivity (Wildman–Crippen MR) is 173 cm³/mol. The fourth-order valence-corrected chi connectivity index (χ4v) is 6.66. The number of hydrogen-bond acceptors (Lipinski definition) is 10. The van der Waals surface area contributed by atoms with Crippen molar-refractivity contribution in [3.63, 3.8) is 0 Å². The van der Waals surface area contributed by atoms with Gasteiger partial charge in [0.15, 0.2) is 0 Å². The van der Waals surface area contributed by atoms with E-state index >= 15 is 0 Å². The highest BCUT2D eigenvalue weighted by atomic mass is 32.1. The molecule has 4 amide bonds. The molecular weight excluding hydrogens is 615 g/mol. The number of thiazole rings is 2. The number of fused-ring (bicyclic) bond motifs is 4. The van der Waals surface area contributed by atoms with Crippen molar-refractivity contribution in [3.05, 3.63) is 68.1 Å². The van der Waals surface area contributed by atoms with E-state index in [1.165, 1.54) is 27.6 Å². The fourth-order valence-electron chi connectivity index (χ4n) is 4.79. The van der Waals surface area contributed by atoms with Gasteiger partial charge in [-0.2, -0.15) is 0 Å². The van der Waals surface area contributed by atoms with Gasteiger partial charge in [0.2, 0.25) is 11.8 Å². The lowest BCUT2D eigenvalue weighted by atomic mass is 10.0. The normalized spacial score (nSPS) is 18.5. The van der Waals surface area contributed by atoms with Gasteiger partial charge in [0.25, 0.3) is 11.8 Å². The fraction of sp³-hybridized carbons (Fsp3) is 0.484. The third kappa shape index (κ3) is 9.88. The lowest BCUT2D eigenvalue weighted by Gasteiger charge is -2.26. The van der Waals surface area contributed by atoms with Gasteiger partial charge < -0.3 is 25.6 Å². The topological polar surface area (TPSA) is 146 Å². The quantitative estimate of drug-likeness (QED) is 0.336. The highest BCUT2D eigenvalue weighted by Gasteiger charge is 2.27. The summed E-state index contributed by atoms with van der Waals surface area (Å²) in [6.45, 7) is 5.49. The molecule has 0 spiro atoms. The Morgan fingerprint density at radius 1 is 1.04 bits per heavy atom. The molecule has 1 aromatic carbocycles. The van der Waals surface area contributed by atoms with Gasteiger partial charge in [-0.3, -0.25) is 24.1 Å². The second kappa shape index (κ2) is 16.5. The van der Waals surface area contributed by atoms with Crippen molar-refractivity contribution in [2.24, 2.45) is 5.92 Å². The number of hydrogen-bond donors (Lipinski definition) is 3. The van der Waals surface area contributed by atoms with Gasteiger partial charge in [0.05, 0.1) is 31.8 Å². The Labute approximate surface area is 271 Å². The number of rotatable bonds is 8. The van der Waals surface area contributed by atoms with E-state index in [9.17, 15) is 19.2 Å². The number of benzene rings is 1. The molecule has 0 radical (unpaired) electrons. The van der Waals surface area contributed by atoms with Crippen molar-refractivity contribution in [1.29, 1.82) is 0 Å². The summed E-state index contributed by atoms with van der Waals surface area (Å²) in [5.41, 5.74) is 1.49. The van der Waals surface area contributed by atoms with Crippen LogP contribution in [0.25, 0.3) is 0 Å². The van der Waals surface area contributed by atoms with Crippen LogP contribution in [-0.4, -0.2) is 96.9 Å². The van der Waals surface area contributed by atoms with Crippen LogP contribution < -0.4 is 16.0 Å². The van der Waals surface area contributed by atoms with Crippen LogP contribution in [0.4, 0.5) is 0 Å². The molecule has 2 atom stereocenters. The molecule has 3 heterocycles. The summed E-state index contributed by atoms with van der Waals surface area (Å²) in [7, 11) is 3.42. The van der Waals surface area contributed by atoms with Gasteiger partial charge in [-0.05, 0) is 31.4 Å². The van der Waals surface area contributed by atoms with E-state index in [1.54, 1.807) is 17.9 Å². The van der Waals surface area contributed by atoms with Crippen molar-refractivity contribution in [2.45, 2.75) is 38.8 Å². The van der Waals surface area contributed by atoms with Gasteiger partial charge >= 0.3 is 0 Å². The maximum atomic E-state index is 13.5. The van der Waals surface area contributed by atoms with Gasteiger partial charge in [0.1, 0.15) is 21.4 Å². The Morgan fingerprint density at radius 2 is 1.73 bits per heavy atom. The number of nitrogens with zero attached hydrogens (tertiary/aromatic N) is 4. The van der Waals surface area contributed by atoms with E-state index in [0.717, 1.165) is 5.56 Å². The first-order valence-electron chi connectivity index (χ1n) is 14.9. The molecule has 0 fully saturated rings. The predicted octanol–water partition coefficient (Wildman–Crippen LogP) is 2.67. The first-order valence-corrected chi connectivity index (χ1v) is 16.7. The number of carbonyl (C=O) groups excluding carboxylic acids is 4. The van der Waals surface area contributed by atoms with Crippen LogP contribution in [0.5, 0.6) is 0 Å². The average Bonchev–Trinajstić information content (AvgIpc) is 3.71. The van der Waals surface area contributed by atoms with Crippen molar-refractivity contribution in [1.82, 2.24) is 35.7 Å². The van der Waals surface area contributed by atoms with E-state index in [2.05, 4.69) is 25.9 Å². The number of ether oxygens (including phenoxy) is 1. The lowest BCUT2D eigenvalue weighted by molar-refractivity contribution is -0.137. The van der Waals surface area contributed by atoms with E-state index in [-0.39, 0.29) is 60.6 Å². The molecular formula is C31H41N7O5S2. The molecule has 2 aromatic heterocycles. The van der Waals surface area contributed by atoms with Gasteiger partial charge in [-0.1, -0.05) is 44.2 Å². The molecule has 4 rings (SSSR count). The maximum Gasteiger partial charge on any atom is 0.271 e. The number of carbonyl (C=O) groups is 4. The second-order valence-electron chi connectivity index (χ2n) is 11.3. The van der Waals surface area contributed by atoms with Crippen LogP contribution in [0.3, 0.4) is 0 Å². The smallest absolute Gasteiger partial charge is 0.271 e. The molecule has 4 bridgehead atoms. The third-order valence-corrected chi connectivity index (χ3v) is 9.19. The standard InChI is InChI=1S/C31H41N7O5S2/c1-20(2)27-31-35-23(18-45-31)28(41)32-11-8-12-38(26(40)17-37(3)13-14-43-4)16-25(39)33-22(15-21-9-6-5-7-10-21)30-34-24(19-44-30)29(42)36-27/h5-7,9-10,18-20,22,27H,8,11-17H2,1-4H3,(H,32,41)(H,33,39)(H,36,42)/t22-,27-/m0/s1. The highest BCUT2D eigenvalue weighted by Crippen LogP contribution is 2.27. The molecule has 14 heteroatoms. The molecule has 12 nitrogen and oxygen atoms in total. The largest absolute Gasteiger partial charge is 0.383 e. The second-order valence-corrected chi connectivity index (χ2v) is 13.1. The molecule has 0 aliphatic carbocycles. The molecule has 0 saturated carbocycles. The van der Waals surface area contributed by atoms with Gasteiger partial charge in [0, 0.05) is 37.5 Å². The Morgan fingerprint density at radius 3 is 2.44 bits per heavy atom. The average molecular weight is 656 g/mol. The number of amides is 4. The van der Waals surface area contributed by atoms with Gasteiger partial charge in [-0.25, -0.2) is 9.97 Å². The lowest BCUT2D eigenvalue weighted by Crippen LogP contribution is -2.46. The van der Waals surface area contributed by atoms with Crippen molar-refractivity contribution in [3.8, 4) is 0 Å². The summed E-state index contributed by atoms with van der Waals surface area (Å²) in [6, 6.07) is 8.78. The van der Waals surface area contributed by atoms with Crippen molar-refractivity contribution >= 4 is 46.3 Å². The van der Waals surface area contributed by atoms with Crippen LogP contribution in [0.15, 0.2) is 41.1 Å². The Balaban J connectivity index is 1.63. The monoisotopic (exact) mass is 655 g/mol. The molecule has 0 unspecified atom stereocenters. The van der Waals surface area contributed by atoms with E-state index in [4.69, 9.17) is 4.74 Å². The summed E-state index contributed by atoms with van der Waals surface area (Å²) in [5, 5.41) is 13.5. The molecule has 3 aromatic rings. The molecule has 242 valence electrons. The Bertz CT molecular complexity index is 1440. The molecule has 0 saturated heterocycles. The van der Waals surface area contributed by atoms with Crippen molar-refractivity contribution in [2.75, 3.05) is 53.5 Å². The van der Waals surface area contributed by atoms with Gasteiger partial charge in [-0.15, -0.1) is 22.7 Å². The SMILES string of the molecule is COCCN(C)CC(=O)N1CCCNC(=O)c2csc(n2)[C@H](C(C)C)NC(=O)c2csc(n2)[C@H](Cc2ccccc2)NC(=O)C1. The highest BCUT2D eigenvalue weighted by molar-refractivity contribution is 7.10. The van der Waals surface area contributed by atoms with Crippen LogP contribution in [0.2, 0.25) is 0 Å². The van der Waals surface area contributed by atoms with Crippen LogP contribution in [0.1, 0.15) is 68.9 Å². The zero-order valence-corrected chi connectivity index (χ0v) is 27.7. The first kappa shape index (κ1) is 34.2.